The number of fused-ring (bicyclic) bond motifs is 1. The van der Waals surface area contributed by atoms with Crippen molar-refractivity contribution in [3.63, 3.8) is 0 Å². The summed E-state index contributed by atoms with van der Waals surface area (Å²) in [5, 5.41) is 0. The molecular weight excluding hydrogens is 546 g/mol. The van der Waals surface area contributed by atoms with Crippen LogP contribution >= 0.6 is 0 Å². The third-order valence-electron chi connectivity index (χ3n) is 8.19. The van der Waals surface area contributed by atoms with E-state index in [0.717, 1.165) is 48.8 Å². The van der Waals surface area contributed by atoms with Crippen LogP contribution < -0.4 is 16.0 Å². The summed E-state index contributed by atoms with van der Waals surface area (Å²) in [5.74, 6) is 3.75. The summed E-state index contributed by atoms with van der Waals surface area (Å²) in [7, 11) is 0. The molecule has 10 nitrogen and oxygen atoms in total. The van der Waals surface area contributed by atoms with Gasteiger partial charge < -0.3 is 18.8 Å². The number of aromatic nitrogens is 5. The molecular formula is C33H37N5O5. The van der Waals surface area contributed by atoms with Gasteiger partial charge in [0.05, 0.1) is 6.61 Å². The Hall–Kier alpha value is -4.20. The number of pyridine rings is 1. The van der Waals surface area contributed by atoms with E-state index in [2.05, 4.69) is 10.9 Å². The number of hydrogen-bond acceptors (Lipinski definition) is 7. The van der Waals surface area contributed by atoms with Gasteiger partial charge in [0.2, 0.25) is 5.88 Å². The number of rotatable bonds is 11. The molecule has 6 rings (SSSR count). The van der Waals surface area contributed by atoms with Gasteiger partial charge in [-0.15, -0.1) is 6.42 Å². The molecule has 4 aromatic rings. The Morgan fingerprint density at radius 1 is 1.02 bits per heavy atom. The monoisotopic (exact) mass is 583 g/mol. The van der Waals surface area contributed by atoms with Crippen LogP contribution in [0.1, 0.15) is 63.0 Å². The van der Waals surface area contributed by atoms with E-state index in [9.17, 15) is 9.59 Å². The molecule has 224 valence electrons. The first-order valence-corrected chi connectivity index (χ1v) is 15.2. The second-order valence-electron chi connectivity index (χ2n) is 11.1. The van der Waals surface area contributed by atoms with Crippen molar-refractivity contribution in [2.45, 2.75) is 83.9 Å². The highest BCUT2D eigenvalue weighted by molar-refractivity contribution is 5.77. The standard InChI is InChI=1S/C33H37N5O5/c1-3-23-12-14-24(15-13-23)22-38-29-31(35-30(38)25-16-17-27(34-21-25)43-26-9-7-10-26)36(4-2)33(40)37(32(29)39)18-8-20-42-28-11-5-6-19-41-28/h1,12-17,21,26,28H,4-11,18-20,22H2,2H3. The first kappa shape index (κ1) is 28.9. The molecule has 10 heteroatoms. The van der Waals surface area contributed by atoms with Crippen molar-refractivity contribution in [1.29, 1.82) is 0 Å². The van der Waals surface area contributed by atoms with Crippen LogP contribution in [0, 0.1) is 12.3 Å². The number of ether oxygens (including phenoxy) is 3. The Morgan fingerprint density at radius 3 is 2.51 bits per heavy atom. The number of hydrogen-bond donors (Lipinski definition) is 0. The molecule has 1 saturated heterocycles. The Bertz CT molecular complexity index is 1720. The van der Waals surface area contributed by atoms with Crippen molar-refractivity contribution in [1.82, 2.24) is 23.7 Å². The zero-order chi connectivity index (χ0) is 29.8. The van der Waals surface area contributed by atoms with Crippen LogP contribution in [0.15, 0.2) is 52.2 Å². The summed E-state index contributed by atoms with van der Waals surface area (Å²) in [6.45, 7) is 3.92. The minimum absolute atomic E-state index is 0.215. The van der Waals surface area contributed by atoms with Crippen molar-refractivity contribution >= 4 is 11.2 Å². The Labute approximate surface area is 250 Å². The van der Waals surface area contributed by atoms with Crippen LogP contribution in [0.3, 0.4) is 0 Å². The van der Waals surface area contributed by atoms with Crippen LogP contribution in [0.4, 0.5) is 0 Å². The maximum Gasteiger partial charge on any atom is 0.332 e. The van der Waals surface area contributed by atoms with Gasteiger partial charge in [-0.3, -0.25) is 13.9 Å². The molecule has 1 atom stereocenters. The molecule has 2 aliphatic rings. The maximum absolute atomic E-state index is 14.0. The van der Waals surface area contributed by atoms with Gasteiger partial charge in [-0.2, -0.15) is 0 Å². The Kier molecular flexibility index (Phi) is 8.72. The first-order chi connectivity index (χ1) is 21.1. The van der Waals surface area contributed by atoms with Crippen molar-refractivity contribution in [2.24, 2.45) is 0 Å². The van der Waals surface area contributed by atoms with Crippen LogP contribution in [0.25, 0.3) is 22.6 Å². The third-order valence-corrected chi connectivity index (χ3v) is 8.19. The lowest BCUT2D eigenvalue weighted by atomic mass is 9.96. The van der Waals surface area contributed by atoms with Crippen molar-refractivity contribution < 1.29 is 14.2 Å². The fourth-order valence-electron chi connectivity index (χ4n) is 5.56. The minimum Gasteiger partial charge on any atom is -0.474 e. The van der Waals surface area contributed by atoms with Gasteiger partial charge >= 0.3 is 5.69 Å². The normalized spacial score (nSPS) is 17.1. The van der Waals surface area contributed by atoms with E-state index in [-0.39, 0.29) is 30.2 Å². The van der Waals surface area contributed by atoms with Crippen LogP contribution in [-0.4, -0.2) is 49.3 Å². The highest BCUT2D eigenvalue weighted by Gasteiger charge is 2.24. The van der Waals surface area contributed by atoms with Gasteiger partial charge in [0.25, 0.3) is 5.56 Å². The van der Waals surface area contributed by atoms with E-state index in [0.29, 0.717) is 55.6 Å². The van der Waals surface area contributed by atoms with E-state index >= 15 is 0 Å². The molecule has 2 fully saturated rings. The zero-order valence-corrected chi connectivity index (χ0v) is 24.5. The van der Waals surface area contributed by atoms with Gasteiger partial charge in [0, 0.05) is 49.6 Å². The number of terminal acetylenes is 1. The molecule has 0 N–H and O–H groups in total. The van der Waals surface area contributed by atoms with Gasteiger partial charge in [-0.25, -0.2) is 14.8 Å². The van der Waals surface area contributed by atoms with E-state index < -0.39 is 0 Å². The molecule has 1 saturated carbocycles. The van der Waals surface area contributed by atoms with Crippen LogP contribution in [0.2, 0.25) is 0 Å². The van der Waals surface area contributed by atoms with Gasteiger partial charge in [0.15, 0.2) is 17.5 Å². The number of imidazole rings is 1. The van der Waals surface area contributed by atoms with Gasteiger partial charge in [0.1, 0.15) is 11.9 Å². The molecule has 43 heavy (non-hydrogen) atoms. The molecule has 3 aromatic heterocycles. The predicted octanol–water partition coefficient (Wildman–Crippen LogP) is 4.34. The molecule has 1 aromatic carbocycles. The minimum atomic E-state index is -0.383. The lowest BCUT2D eigenvalue weighted by molar-refractivity contribution is -0.163. The second-order valence-corrected chi connectivity index (χ2v) is 11.1. The van der Waals surface area contributed by atoms with E-state index in [1.165, 1.54) is 11.0 Å². The SMILES string of the molecule is C#Cc1ccc(Cn2c(-c3ccc(OC4CCC4)nc3)nc3c2c(=O)n(CCCOC2CCCCO2)c(=O)n3CC)cc1. The highest BCUT2D eigenvalue weighted by Crippen LogP contribution is 2.27. The number of benzene rings is 1. The van der Waals surface area contributed by atoms with E-state index in [4.69, 9.17) is 25.6 Å². The summed E-state index contributed by atoms with van der Waals surface area (Å²) >= 11 is 0. The Balaban J connectivity index is 1.38. The summed E-state index contributed by atoms with van der Waals surface area (Å²) < 4.78 is 22.2. The molecule has 1 unspecified atom stereocenters. The quantitative estimate of drug-likeness (QED) is 0.191. The molecule has 0 spiro atoms. The molecule has 4 heterocycles. The first-order valence-electron chi connectivity index (χ1n) is 15.2. The number of aryl methyl sites for hydroxylation is 1. The van der Waals surface area contributed by atoms with Crippen molar-refractivity contribution in [3.8, 4) is 29.6 Å². The van der Waals surface area contributed by atoms with E-state index in [1.54, 1.807) is 10.8 Å². The summed E-state index contributed by atoms with van der Waals surface area (Å²) in [6.07, 6.45) is 14.0. The molecule has 0 bridgehead atoms. The second kappa shape index (κ2) is 13.0. The molecule has 0 amide bonds. The predicted molar refractivity (Wildman–Crippen MR) is 163 cm³/mol. The fourth-order valence-corrected chi connectivity index (χ4v) is 5.56. The molecule has 1 aliphatic heterocycles. The lowest BCUT2D eigenvalue weighted by Gasteiger charge is -2.25. The highest BCUT2D eigenvalue weighted by atomic mass is 16.7. The zero-order valence-electron chi connectivity index (χ0n) is 24.5. The summed E-state index contributed by atoms with van der Waals surface area (Å²) in [6, 6.07) is 11.4. The van der Waals surface area contributed by atoms with Crippen LogP contribution in [-0.2, 0) is 29.1 Å². The third kappa shape index (κ3) is 6.14. The number of nitrogens with zero attached hydrogens (tertiary/aromatic N) is 5. The Morgan fingerprint density at radius 2 is 1.86 bits per heavy atom. The smallest absolute Gasteiger partial charge is 0.332 e. The van der Waals surface area contributed by atoms with Crippen molar-refractivity contribution in [2.75, 3.05) is 13.2 Å². The summed E-state index contributed by atoms with van der Waals surface area (Å²) in [4.78, 5) is 37.0. The van der Waals surface area contributed by atoms with E-state index in [1.807, 2.05) is 47.9 Å². The topological polar surface area (TPSA) is 102 Å². The lowest BCUT2D eigenvalue weighted by Crippen LogP contribution is -2.40. The average molecular weight is 584 g/mol. The largest absolute Gasteiger partial charge is 0.474 e. The molecule has 1 aliphatic carbocycles. The average Bonchev–Trinajstić information content (AvgIpc) is 3.38. The van der Waals surface area contributed by atoms with Crippen LogP contribution in [0.5, 0.6) is 5.88 Å². The summed E-state index contributed by atoms with van der Waals surface area (Å²) in [5.41, 5.74) is 2.39. The maximum atomic E-state index is 14.0. The van der Waals surface area contributed by atoms with Crippen molar-refractivity contribution in [3.05, 3.63) is 74.6 Å². The van der Waals surface area contributed by atoms with Gasteiger partial charge in [-0.1, -0.05) is 18.1 Å². The fraction of sp³-hybridized carbons (Fsp3) is 0.455. The molecule has 0 radical (unpaired) electrons. The van der Waals surface area contributed by atoms with Gasteiger partial charge in [-0.05, 0) is 75.6 Å².